The predicted octanol–water partition coefficient (Wildman–Crippen LogP) is 4.07. The maximum atomic E-state index is 13.4. The maximum absolute atomic E-state index is 13.4. The average Bonchev–Trinajstić information content (AvgIpc) is 3.32. The SMILES string of the molecule is CC1CCCCN1S(=O)(=O)c1ccc(C(=O)N(Cc2ccccc2)CC2CCCO2)cc1. The van der Waals surface area contributed by atoms with Crippen molar-refractivity contribution in [2.75, 3.05) is 19.7 Å². The van der Waals surface area contributed by atoms with E-state index < -0.39 is 10.0 Å². The van der Waals surface area contributed by atoms with E-state index in [1.807, 2.05) is 42.2 Å². The Morgan fingerprint density at radius 1 is 1.03 bits per heavy atom. The van der Waals surface area contributed by atoms with Crippen molar-refractivity contribution >= 4 is 15.9 Å². The van der Waals surface area contributed by atoms with Crippen LogP contribution in [0.15, 0.2) is 59.5 Å². The van der Waals surface area contributed by atoms with Gasteiger partial charge in [-0.3, -0.25) is 4.79 Å². The fraction of sp³-hybridized carbons (Fsp3) is 0.480. The number of carbonyl (C=O) groups excluding carboxylic acids is 1. The number of amides is 1. The van der Waals surface area contributed by atoms with Crippen LogP contribution >= 0.6 is 0 Å². The second-order valence-electron chi connectivity index (χ2n) is 8.79. The standard InChI is InChI=1S/C25H32N2O4S/c1-20-8-5-6-16-27(20)32(29,30)24-14-12-22(13-15-24)25(28)26(19-23-11-7-17-31-23)18-21-9-3-2-4-10-21/h2-4,9-10,12-15,20,23H,5-8,11,16-19H2,1H3. The van der Waals surface area contributed by atoms with Gasteiger partial charge in [0.2, 0.25) is 10.0 Å². The van der Waals surface area contributed by atoms with Crippen molar-refractivity contribution in [1.82, 2.24) is 9.21 Å². The Hall–Kier alpha value is -2.22. The molecule has 0 radical (unpaired) electrons. The number of hydrogen-bond donors (Lipinski definition) is 0. The topological polar surface area (TPSA) is 66.9 Å². The molecule has 2 aliphatic heterocycles. The molecule has 6 nitrogen and oxygen atoms in total. The zero-order valence-electron chi connectivity index (χ0n) is 18.7. The lowest BCUT2D eigenvalue weighted by atomic mass is 10.1. The molecule has 2 atom stereocenters. The number of piperidine rings is 1. The fourth-order valence-electron chi connectivity index (χ4n) is 4.57. The Morgan fingerprint density at radius 2 is 1.78 bits per heavy atom. The van der Waals surface area contributed by atoms with Crippen molar-refractivity contribution in [3.05, 3.63) is 65.7 Å². The Balaban J connectivity index is 1.53. The minimum Gasteiger partial charge on any atom is -0.376 e. The number of carbonyl (C=O) groups is 1. The quantitative estimate of drug-likeness (QED) is 0.630. The number of rotatable bonds is 7. The lowest BCUT2D eigenvalue weighted by Crippen LogP contribution is -2.41. The van der Waals surface area contributed by atoms with Crippen molar-refractivity contribution in [3.63, 3.8) is 0 Å². The summed E-state index contributed by atoms with van der Waals surface area (Å²) in [5.41, 5.74) is 1.54. The van der Waals surface area contributed by atoms with E-state index in [-0.39, 0.29) is 22.9 Å². The van der Waals surface area contributed by atoms with Crippen LogP contribution in [0.4, 0.5) is 0 Å². The van der Waals surface area contributed by atoms with Gasteiger partial charge in [0.1, 0.15) is 0 Å². The molecule has 2 aliphatic rings. The fourth-order valence-corrected chi connectivity index (χ4v) is 6.27. The summed E-state index contributed by atoms with van der Waals surface area (Å²) < 4.78 is 33.6. The first-order valence-corrected chi connectivity index (χ1v) is 13.0. The number of ether oxygens (including phenoxy) is 1. The Bertz CT molecular complexity index is 1000. The minimum atomic E-state index is -3.55. The number of benzene rings is 2. The summed E-state index contributed by atoms with van der Waals surface area (Å²) in [6, 6.07) is 16.3. The molecule has 32 heavy (non-hydrogen) atoms. The summed E-state index contributed by atoms with van der Waals surface area (Å²) in [7, 11) is -3.55. The van der Waals surface area contributed by atoms with Crippen molar-refractivity contribution < 1.29 is 17.9 Å². The summed E-state index contributed by atoms with van der Waals surface area (Å²) in [6.07, 6.45) is 4.83. The molecule has 0 bridgehead atoms. The molecule has 2 heterocycles. The maximum Gasteiger partial charge on any atom is 0.254 e. The Labute approximate surface area is 191 Å². The molecule has 0 aliphatic carbocycles. The summed E-state index contributed by atoms with van der Waals surface area (Å²) in [4.78, 5) is 15.4. The first-order chi connectivity index (χ1) is 15.4. The first kappa shape index (κ1) is 23.0. The highest BCUT2D eigenvalue weighted by atomic mass is 32.2. The molecule has 2 fully saturated rings. The molecule has 2 unspecified atom stereocenters. The van der Waals surface area contributed by atoms with Gasteiger partial charge in [-0.1, -0.05) is 36.8 Å². The lowest BCUT2D eigenvalue weighted by molar-refractivity contribution is 0.0507. The number of sulfonamides is 1. The second-order valence-corrected chi connectivity index (χ2v) is 10.7. The molecule has 0 N–H and O–H groups in total. The first-order valence-electron chi connectivity index (χ1n) is 11.5. The average molecular weight is 457 g/mol. The van der Waals surface area contributed by atoms with E-state index in [0.29, 0.717) is 25.2 Å². The largest absolute Gasteiger partial charge is 0.376 e. The minimum absolute atomic E-state index is 0.00262. The molecule has 1 amide bonds. The van der Waals surface area contributed by atoms with Crippen LogP contribution in [0.3, 0.4) is 0 Å². The highest BCUT2D eigenvalue weighted by Crippen LogP contribution is 2.26. The molecular formula is C25H32N2O4S. The predicted molar refractivity (Wildman–Crippen MR) is 124 cm³/mol. The summed E-state index contributed by atoms with van der Waals surface area (Å²) >= 11 is 0. The second kappa shape index (κ2) is 10.1. The van der Waals surface area contributed by atoms with Crippen LogP contribution in [0.5, 0.6) is 0 Å². The smallest absolute Gasteiger partial charge is 0.254 e. The lowest BCUT2D eigenvalue weighted by Gasteiger charge is -2.32. The molecule has 2 aromatic rings. The molecule has 4 rings (SSSR count). The van der Waals surface area contributed by atoms with Gasteiger partial charge in [-0.25, -0.2) is 8.42 Å². The van der Waals surface area contributed by atoms with E-state index in [4.69, 9.17) is 4.74 Å². The van der Waals surface area contributed by atoms with Gasteiger partial charge in [0.05, 0.1) is 11.0 Å². The van der Waals surface area contributed by atoms with E-state index >= 15 is 0 Å². The summed E-state index contributed by atoms with van der Waals surface area (Å²) in [5, 5.41) is 0. The highest BCUT2D eigenvalue weighted by molar-refractivity contribution is 7.89. The summed E-state index contributed by atoms with van der Waals surface area (Å²) in [6.45, 7) is 4.26. The van der Waals surface area contributed by atoms with E-state index in [0.717, 1.165) is 44.3 Å². The van der Waals surface area contributed by atoms with Crippen LogP contribution in [0.2, 0.25) is 0 Å². The van der Waals surface area contributed by atoms with Crippen LogP contribution in [0, 0.1) is 0 Å². The van der Waals surface area contributed by atoms with Gasteiger partial charge < -0.3 is 9.64 Å². The molecule has 2 aromatic carbocycles. The van der Waals surface area contributed by atoms with Crippen molar-refractivity contribution in [1.29, 1.82) is 0 Å². The van der Waals surface area contributed by atoms with E-state index in [2.05, 4.69) is 0 Å². The van der Waals surface area contributed by atoms with Crippen LogP contribution in [-0.2, 0) is 21.3 Å². The van der Waals surface area contributed by atoms with Gasteiger partial charge in [-0.15, -0.1) is 0 Å². The van der Waals surface area contributed by atoms with Crippen LogP contribution in [-0.4, -0.2) is 55.4 Å². The van der Waals surface area contributed by atoms with E-state index in [1.54, 1.807) is 28.6 Å². The Morgan fingerprint density at radius 3 is 2.44 bits per heavy atom. The molecule has 0 saturated carbocycles. The molecular weight excluding hydrogens is 424 g/mol. The van der Waals surface area contributed by atoms with Gasteiger partial charge >= 0.3 is 0 Å². The normalized spacial score (nSPS) is 22.0. The third-order valence-corrected chi connectivity index (χ3v) is 8.43. The van der Waals surface area contributed by atoms with Crippen LogP contribution in [0.25, 0.3) is 0 Å². The van der Waals surface area contributed by atoms with Gasteiger partial charge in [-0.05, 0) is 62.4 Å². The highest BCUT2D eigenvalue weighted by Gasteiger charge is 2.31. The van der Waals surface area contributed by atoms with E-state index in [1.165, 1.54) is 0 Å². The molecule has 2 saturated heterocycles. The summed E-state index contributed by atoms with van der Waals surface area (Å²) in [5.74, 6) is -0.111. The zero-order valence-corrected chi connectivity index (χ0v) is 19.5. The van der Waals surface area contributed by atoms with Crippen LogP contribution < -0.4 is 0 Å². The Kier molecular flexibility index (Phi) is 7.28. The van der Waals surface area contributed by atoms with Crippen molar-refractivity contribution in [2.24, 2.45) is 0 Å². The van der Waals surface area contributed by atoms with Gasteiger partial charge in [-0.2, -0.15) is 4.31 Å². The number of nitrogens with zero attached hydrogens (tertiary/aromatic N) is 2. The van der Waals surface area contributed by atoms with Gasteiger partial charge in [0.15, 0.2) is 0 Å². The van der Waals surface area contributed by atoms with Gasteiger partial charge in [0, 0.05) is 37.8 Å². The molecule has 0 aromatic heterocycles. The monoisotopic (exact) mass is 456 g/mol. The van der Waals surface area contributed by atoms with Crippen LogP contribution in [0.1, 0.15) is 54.9 Å². The number of hydrogen-bond acceptors (Lipinski definition) is 4. The van der Waals surface area contributed by atoms with E-state index in [9.17, 15) is 13.2 Å². The molecule has 0 spiro atoms. The molecule has 172 valence electrons. The third kappa shape index (κ3) is 5.22. The molecule has 7 heteroatoms. The van der Waals surface area contributed by atoms with Gasteiger partial charge in [0.25, 0.3) is 5.91 Å². The van der Waals surface area contributed by atoms with Crippen molar-refractivity contribution in [2.45, 2.75) is 62.6 Å². The third-order valence-electron chi connectivity index (χ3n) is 6.40. The van der Waals surface area contributed by atoms with Crippen molar-refractivity contribution in [3.8, 4) is 0 Å². The zero-order chi connectivity index (χ0) is 22.6.